The SMILES string of the molecule is O=C(C=Cc1cnc(NC2CCN(Cc3ccccc3F)CC2)c(Cl)c1)NOC1CCCCO1. The molecule has 1 aromatic carbocycles. The van der Waals surface area contributed by atoms with Gasteiger partial charge in [-0.1, -0.05) is 29.8 Å². The molecule has 1 atom stereocenters. The number of carbonyl (C=O) groups excluding carboxylic acids is 1. The van der Waals surface area contributed by atoms with Crippen molar-refractivity contribution >= 4 is 29.4 Å². The fraction of sp³-hybridized carbons (Fsp3) is 0.440. The maximum Gasteiger partial charge on any atom is 0.267 e. The molecule has 1 aromatic heterocycles. The van der Waals surface area contributed by atoms with Crippen molar-refractivity contribution in [3.8, 4) is 0 Å². The topological polar surface area (TPSA) is 75.7 Å². The van der Waals surface area contributed by atoms with E-state index in [4.69, 9.17) is 21.2 Å². The predicted octanol–water partition coefficient (Wildman–Crippen LogP) is 4.54. The summed E-state index contributed by atoms with van der Waals surface area (Å²) in [5.74, 6) is 0.0827. The molecule has 3 heterocycles. The molecule has 0 spiro atoms. The number of ether oxygens (including phenoxy) is 1. The summed E-state index contributed by atoms with van der Waals surface area (Å²) in [4.78, 5) is 23.9. The van der Waals surface area contributed by atoms with E-state index >= 15 is 0 Å². The Balaban J connectivity index is 1.22. The molecular formula is C25H30ClFN4O3. The van der Waals surface area contributed by atoms with Gasteiger partial charge in [-0.2, -0.15) is 0 Å². The van der Waals surface area contributed by atoms with E-state index < -0.39 is 0 Å². The summed E-state index contributed by atoms with van der Waals surface area (Å²) in [6.45, 7) is 3.00. The van der Waals surface area contributed by atoms with Crippen molar-refractivity contribution in [3.05, 3.63) is 64.6 Å². The number of likely N-dealkylation sites (tertiary alicyclic amines) is 1. The molecule has 0 aliphatic carbocycles. The first-order valence-corrected chi connectivity index (χ1v) is 12.1. The zero-order valence-electron chi connectivity index (χ0n) is 19.0. The number of aromatic nitrogens is 1. The molecule has 2 aliphatic rings. The molecule has 1 unspecified atom stereocenters. The van der Waals surface area contributed by atoms with Crippen LogP contribution in [0.4, 0.5) is 10.2 Å². The Hall–Kier alpha value is -2.52. The van der Waals surface area contributed by atoms with E-state index in [1.807, 2.05) is 12.1 Å². The number of piperidine rings is 1. The summed E-state index contributed by atoms with van der Waals surface area (Å²) in [6.07, 6.45) is 8.91. The van der Waals surface area contributed by atoms with Crippen molar-refractivity contribution in [1.82, 2.24) is 15.4 Å². The van der Waals surface area contributed by atoms with Gasteiger partial charge in [-0.3, -0.25) is 9.69 Å². The molecule has 2 saturated heterocycles. The lowest BCUT2D eigenvalue weighted by Crippen LogP contribution is -2.39. The number of amides is 1. The van der Waals surface area contributed by atoms with Crippen LogP contribution >= 0.6 is 11.6 Å². The highest BCUT2D eigenvalue weighted by atomic mass is 35.5. The molecule has 7 nitrogen and oxygen atoms in total. The first-order chi connectivity index (χ1) is 16.6. The van der Waals surface area contributed by atoms with E-state index in [0.717, 1.165) is 50.8 Å². The van der Waals surface area contributed by atoms with Crippen LogP contribution in [0.25, 0.3) is 6.08 Å². The third-order valence-electron chi connectivity index (χ3n) is 6.00. The second-order valence-corrected chi connectivity index (χ2v) is 9.01. The van der Waals surface area contributed by atoms with Gasteiger partial charge in [-0.25, -0.2) is 19.7 Å². The Kier molecular flexibility index (Phi) is 8.87. The number of halogens is 2. The lowest BCUT2D eigenvalue weighted by atomic mass is 10.0. The summed E-state index contributed by atoms with van der Waals surface area (Å²) >= 11 is 6.43. The Bertz CT molecular complexity index is 992. The molecule has 0 radical (unpaired) electrons. The van der Waals surface area contributed by atoms with Crippen LogP contribution in [0.1, 0.15) is 43.2 Å². The highest BCUT2D eigenvalue weighted by molar-refractivity contribution is 6.33. The van der Waals surface area contributed by atoms with Gasteiger partial charge in [0.25, 0.3) is 5.91 Å². The third kappa shape index (κ3) is 7.24. The number of benzene rings is 1. The average Bonchev–Trinajstić information content (AvgIpc) is 2.86. The number of anilines is 1. The van der Waals surface area contributed by atoms with E-state index in [0.29, 0.717) is 29.6 Å². The zero-order chi connectivity index (χ0) is 23.8. The number of nitrogens with one attached hydrogen (secondary N) is 2. The van der Waals surface area contributed by atoms with Crippen molar-refractivity contribution in [2.75, 3.05) is 25.0 Å². The Labute approximate surface area is 204 Å². The van der Waals surface area contributed by atoms with Crippen molar-refractivity contribution < 1.29 is 18.8 Å². The first kappa shape index (κ1) is 24.6. The first-order valence-electron chi connectivity index (χ1n) is 11.7. The van der Waals surface area contributed by atoms with E-state index in [-0.39, 0.29) is 24.1 Å². The molecule has 0 bridgehead atoms. The minimum absolute atomic E-state index is 0.156. The van der Waals surface area contributed by atoms with Gasteiger partial charge in [0.15, 0.2) is 6.29 Å². The highest BCUT2D eigenvalue weighted by Crippen LogP contribution is 2.24. The normalized spacial score (nSPS) is 19.9. The quantitative estimate of drug-likeness (QED) is 0.420. The molecule has 2 aliphatic heterocycles. The van der Waals surface area contributed by atoms with Crippen molar-refractivity contribution in [1.29, 1.82) is 0 Å². The highest BCUT2D eigenvalue weighted by Gasteiger charge is 2.21. The minimum atomic E-state index is -0.390. The van der Waals surface area contributed by atoms with Crippen molar-refractivity contribution in [2.24, 2.45) is 0 Å². The van der Waals surface area contributed by atoms with Crippen molar-refractivity contribution in [2.45, 2.75) is 51.0 Å². The van der Waals surface area contributed by atoms with Gasteiger partial charge < -0.3 is 10.1 Å². The summed E-state index contributed by atoms with van der Waals surface area (Å²) in [7, 11) is 0. The van der Waals surface area contributed by atoms with E-state index in [9.17, 15) is 9.18 Å². The lowest BCUT2D eigenvalue weighted by molar-refractivity contribution is -0.198. The molecular weight excluding hydrogens is 459 g/mol. The molecule has 4 rings (SSSR count). The van der Waals surface area contributed by atoms with Crippen LogP contribution in [-0.4, -0.2) is 47.8 Å². The van der Waals surface area contributed by atoms with Crippen LogP contribution < -0.4 is 10.8 Å². The molecule has 182 valence electrons. The van der Waals surface area contributed by atoms with Crippen LogP contribution in [0, 0.1) is 5.82 Å². The Morgan fingerprint density at radius 3 is 2.82 bits per heavy atom. The van der Waals surface area contributed by atoms with Crippen LogP contribution in [0.5, 0.6) is 0 Å². The number of hydroxylamine groups is 1. The number of carbonyl (C=O) groups is 1. The van der Waals surface area contributed by atoms with Gasteiger partial charge >= 0.3 is 0 Å². The predicted molar refractivity (Wildman–Crippen MR) is 129 cm³/mol. The molecule has 2 N–H and O–H groups in total. The molecule has 9 heteroatoms. The van der Waals surface area contributed by atoms with Gasteiger partial charge in [0, 0.05) is 56.5 Å². The maximum absolute atomic E-state index is 13.9. The molecule has 0 saturated carbocycles. The van der Waals surface area contributed by atoms with E-state index in [2.05, 4.69) is 20.7 Å². The van der Waals surface area contributed by atoms with Gasteiger partial charge in [0.05, 0.1) is 5.02 Å². The number of rotatable bonds is 8. The van der Waals surface area contributed by atoms with Gasteiger partial charge in [-0.15, -0.1) is 0 Å². The Morgan fingerprint density at radius 1 is 1.26 bits per heavy atom. The number of pyridine rings is 1. The minimum Gasteiger partial charge on any atom is -0.366 e. The Morgan fingerprint density at radius 2 is 2.09 bits per heavy atom. The monoisotopic (exact) mass is 488 g/mol. The van der Waals surface area contributed by atoms with Crippen molar-refractivity contribution in [3.63, 3.8) is 0 Å². The summed E-state index contributed by atoms with van der Waals surface area (Å²) in [5, 5.41) is 3.90. The summed E-state index contributed by atoms with van der Waals surface area (Å²) < 4.78 is 19.3. The number of hydrogen-bond donors (Lipinski definition) is 2. The summed E-state index contributed by atoms with van der Waals surface area (Å²) in [6, 6.07) is 8.92. The van der Waals surface area contributed by atoms with Crippen LogP contribution in [0.15, 0.2) is 42.6 Å². The van der Waals surface area contributed by atoms with Crippen LogP contribution in [0.2, 0.25) is 5.02 Å². The van der Waals surface area contributed by atoms with Gasteiger partial charge in [0.2, 0.25) is 0 Å². The zero-order valence-corrected chi connectivity index (χ0v) is 19.8. The lowest BCUT2D eigenvalue weighted by Gasteiger charge is -2.32. The largest absolute Gasteiger partial charge is 0.366 e. The number of nitrogens with zero attached hydrogens (tertiary/aromatic N) is 2. The second kappa shape index (κ2) is 12.3. The second-order valence-electron chi connectivity index (χ2n) is 8.60. The molecule has 34 heavy (non-hydrogen) atoms. The number of hydrogen-bond acceptors (Lipinski definition) is 6. The molecule has 1 amide bonds. The van der Waals surface area contributed by atoms with Crippen LogP contribution in [0.3, 0.4) is 0 Å². The van der Waals surface area contributed by atoms with E-state index in [1.54, 1.807) is 24.4 Å². The van der Waals surface area contributed by atoms with Gasteiger partial charge in [0.1, 0.15) is 11.6 Å². The van der Waals surface area contributed by atoms with Crippen LogP contribution in [-0.2, 0) is 20.9 Å². The smallest absolute Gasteiger partial charge is 0.267 e. The average molecular weight is 489 g/mol. The third-order valence-corrected chi connectivity index (χ3v) is 6.29. The molecule has 2 aromatic rings. The van der Waals surface area contributed by atoms with Gasteiger partial charge in [-0.05, 0) is 49.5 Å². The standard InChI is InChI=1S/C25H30ClFN4O3/c26-21-15-18(8-9-23(32)30-34-24-7-3-4-14-33-24)16-28-25(21)29-20-10-12-31(13-11-20)17-19-5-1-2-6-22(19)27/h1-2,5-6,8-9,15-16,20,24H,3-4,7,10-14,17H2,(H,28,29)(H,30,32). The van der Waals surface area contributed by atoms with E-state index in [1.165, 1.54) is 12.1 Å². The molecule has 2 fully saturated rings. The summed E-state index contributed by atoms with van der Waals surface area (Å²) in [5.41, 5.74) is 3.82. The maximum atomic E-state index is 13.9. The fourth-order valence-electron chi connectivity index (χ4n) is 4.08. The fourth-order valence-corrected chi connectivity index (χ4v) is 4.31.